The molecule has 2 aromatic carbocycles. The summed E-state index contributed by atoms with van der Waals surface area (Å²) in [5.41, 5.74) is 3.72. The first kappa shape index (κ1) is 21.6. The van der Waals surface area contributed by atoms with E-state index in [1.54, 1.807) is 29.2 Å². The Balaban J connectivity index is 1.93. The average Bonchev–Trinajstić information content (AvgIpc) is 2.69. The van der Waals surface area contributed by atoms with Gasteiger partial charge in [-0.1, -0.05) is 37.3 Å². The van der Waals surface area contributed by atoms with Crippen molar-refractivity contribution in [3.63, 3.8) is 0 Å². The zero-order valence-corrected chi connectivity index (χ0v) is 17.4. The van der Waals surface area contributed by atoms with E-state index >= 15 is 0 Å². The standard InChI is InChI=1S/C23H31N3O2/c1-5-18-11-13-19(14-12-18)16-25(4)17-22(27)24-21-10-8-9-20(15-21)23(28)26(6-2)7-3/h8-15H,5-7,16-17H2,1-4H3,(H,24,27). The number of aryl methyl sites for hydroxylation is 1. The second kappa shape index (κ2) is 10.6. The van der Waals surface area contributed by atoms with E-state index in [-0.39, 0.29) is 18.4 Å². The van der Waals surface area contributed by atoms with Crippen molar-refractivity contribution in [2.45, 2.75) is 33.7 Å². The summed E-state index contributed by atoms with van der Waals surface area (Å²) < 4.78 is 0. The molecule has 0 fully saturated rings. The van der Waals surface area contributed by atoms with Crippen molar-refractivity contribution in [3.05, 3.63) is 65.2 Å². The molecule has 5 heteroatoms. The van der Waals surface area contributed by atoms with Crippen molar-refractivity contribution in [2.24, 2.45) is 0 Å². The Morgan fingerprint density at radius 3 is 2.18 bits per heavy atom. The van der Waals surface area contributed by atoms with E-state index in [2.05, 4.69) is 36.5 Å². The maximum atomic E-state index is 12.5. The van der Waals surface area contributed by atoms with E-state index in [1.807, 2.05) is 25.8 Å². The summed E-state index contributed by atoms with van der Waals surface area (Å²) in [5.74, 6) is -0.117. The molecule has 2 amide bonds. The summed E-state index contributed by atoms with van der Waals surface area (Å²) in [6.45, 7) is 8.36. The third-order valence-corrected chi connectivity index (χ3v) is 4.74. The lowest BCUT2D eigenvalue weighted by Gasteiger charge is -2.19. The Labute approximate surface area is 168 Å². The molecule has 150 valence electrons. The van der Waals surface area contributed by atoms with Gasteiger partial charge in [0.05, 0.1) is 6.54 Å². The monoisotopic (exact) mass is 381 g/mol. The van der Waals surface area contributed by atoms with Gasteiger partial charge in [-0.3, -0.25) is 14.5 Å². The van der Waals surface area contributed by atoms with Crippen molar-refractivity contribution >= 4 is 17.5 Å². The Hall–Kier alpha value is -2.66. The predicted molar refractivity (Wildman–Crippen MR) is 114 cm³/mol. The van der Waals surface area contributed by atoms with Crippen molar-refractivity contribution in [1.29, 1.82) is 0 Å². The first-order valence-corrected chi connectivity index (χ1v) is 9.92. The van der Waals surface area contributed by atoms with Crippen LogP contribution in [-0.4, -0.2) is 48.3 Å². The molecule has 0 saturated carbocycles. The van der Waals surface area contributed by atoms with Crippen LogP contribution < -0.4 is 5.32 Å². The normalized spacial score (nSPS) is 10.8. The first-order valence-electron chi connectivity index (χ1n) is 9.92. The maximum Gasteiger partial charge on any atom is 0.253 e. The molecule has 0 aromatic heterocycles. The molecule has 0 spiro atoms. The number of rotatable bonds is 9. The fourth-order valence-electron chi connectivity index (χ4n) is 3.12. The van der Waals surface area contributed by atoms with Crippen LogP contribution in [0.3, 0.4) is 0 Å². The van der Waals surface area contributed by atoms with E-state index < -0.39 is 0 Å². The number of carbonyl (C=O) groups is 2. The first-order chi connectivity index (χ1) is 13.5. The van der Waals surface area contributed by atoms with Crippen LogP contribution in [-0.2, 0) is 17.8 Å². The van der Waals surface area contributed by atoms with Crippen molar-refractivity contribution in [1.82, 2.24) is 9.80 Å². The third-order valence-electron chi connectivity index (χ3n) is 4.74. The summed E-state index contributed by atoms with van der Waals surface area (Å²) in [4.78, 5) is 28.6. The Morgan fingerprint density at radius 2 is 1.57 bits per heavy atom. The minimum atomic E-state index is -0.0971. The van der Waals surface area contributed by atoms with Crippen molar-refractivity contribution in [3.8, 4) is 0 Å². The number of hydrogen-bond donors (Lipinski definition) is 1. The molecular weight excluding hydrogens is 350 g/mol. The third kappa shape index (κ3) is 6.20. The summed E-state index contributed by atoms with van der Waals surface area (Å²) in [6.07, 6.45) is 1.02. The molecule has 0 atom stereocenters. The summed E-state index contributed by atoms with van der Waals surface area (Å²) >= 11 is 0. The topological polar surface area (TPSA) is 52.7 Å². The number of nitrogens with zero attached hydrogens (tertiary/aromatic N) is 2. The fourth-order valence-corrected chi connectivity index (χ4v) is 3.12. The smallest absolute Gasteiger partial charge is 0.253 e. The minimum absolute atomic E-state index is 0.0197. The summed E-state index contributed by atoms with van der Waals surface area (Å²) in [5, 5.41) is 2.90. The number of anilines is 1. The van der Waals surface area contributed by atoms with E-state index in [1.165, 1.54) is 11.1 Å². The molecule has 0 aliphatic heterocycles. The molecule has 2 rings (SSSR count). The second-order valence-electron chi connectivity index (χ2n) is 6.95. The SMILES string of the molecule is CCc1ccc(CN(C)CC(=O)Nc2cccc(C(=O)N(CC)CC)c2)cc1. The van der Waals surface area contributed by atoms with Crippen LogP contribution in [0, 0.1) is 0 Å². The summed E-state index contributed by atoms with van der Waals surface area (Å²) in [7, 11) is 1.92. The number of amides is 2. The van der Waals surface area contributed by atoms with Gasteiger partial charge in [-0.25, -0.2) is 0 Å². The van der Waals surface area contributed by atoms with Crippen LogP contribution in [0.15, 0.2) is 48.5 Å². The van der Waals surface area contributed by atoms with E-state index in [4.69, 9.17) is 0 Å². The zero-order chi connectivity index (χ0) is 20.5. The molecule has 5 nitrogen and oxygen atoms in total. The highest BCUT2D eigenvalue weighted by Gasteiger charge is 2.14. The Morgan fingerprint density at radius 1 is 0.929 bits per heavy atom. The lowest BCUT2D eigenvalue weighted by atomic mass is 10.1. The average molecular weight is 382 g/mol. The van der Waals surface area contributed by atoms with Gasteiger partial charge < -0.3 is 10.2 Å². The largest absolute Gasteiger partial charge is 0.339 e. The van der Waals surface area contributed by atoms with Gasteiger partial charge in [0.1, 0.15) is 0 Å². The number of benzene rings is 2. The maximum absolute atomic E-state index is 12.5. The molecular formula is C23H31N3O2. The molecule has 0 bridgehead atoms. The molecule has 0 aliphatic rings. The summed E-state index contributed by atoms with van der Waals surface area (Å²) in [6, 6.07) is 15.6. The van der Waals surface area contributed by atoms with Gasteiger partial charge in [0, 0.05) is 30.9 Å². The second-order valence-corrected chi connectivity index (χ2v) is 6.95. The Bertz CT molecular complexity index is 783. The zero-order valence-electron chi connectivity index (χ0n) is 17.4. The van der Waals surface area contributed by atoms with Crippen LogP contribution in [0.1, 0.15) is 42.3 Å². The molecule has 0 unspecified atom stereocenters. The molecule has 2 aromatic rings. The number of nitrogens with one attached hydrogen (secondary N) is 1. The highest BCUT2D eigenvalue weighted by molar-refractivity contribution is 5.97. The predicted octanol–water partition coefficient (Wildman–Crippen LogP) is 3.80. The van der Waals surface area contributed by atoms with Crippen LogP contribution in [0.5, 0.6) is 0 Å². The molecule has 28 heavy (non-hydrogen) atoms. The van der Waals surface area contributed by atoms with Crippen molar-refractivity contribution in [2.75, 3.05) is 32.0 Å². The van der Waals surface area contributed by atoms with Gasteiger partial charge in [0.2, 0.25) is 5.91 Å². The van der Waals surface area contributed by atoms with Gasteiger partial charge >= 0.3 is 0 Å². The van der Waals surface area contributed by atoms with Gasteiger partial charge in [-0.2, -0.15) is 0 Å². The van der Waals surface area contributed by atoms with E-state index in [9.17, 15) is 9.59 Å². The van der Waals surface area contributed by atoms with Crippen LogP contribution in [0.25, 0.3) is 0 Å². The molecule has 0 aliphatic carbocycles. The van der Waals surface area contributed by atoms with Crippen LogP contribution >= 0.6 is 0 Å². The molecule has 0 saturated heterocycles. The van der Waals surface area contributed by atoms with Gasteiger partial charge in [-0.15, -0.1) is 0 Å². The lowest BCUT2D eigenvalue weighted by molar-refractivity contribution is -0.117. The lowest BCUT2D eigenvalue weighted by Crippen LogP contribution is -2.31. The number of hydrogen-bond acceptors (Lipinski definition) is 3. The van der Waals surface area contributed by atoms with Gasteiger partial charge in [-0.05, 0) is 56.6 Å². The van der Waals surface area contributed by atoms with E-state index in [0.717, 1.165) is 6.42 Å². The number of likely N-dealkylation sites (N-methyl/N-ethyl adjacent to an activating group) is 1. The van der Waals surface area contributed by atoms with E-state index in [0.29, 0.717) is 30.9 Å². The minimum Gasteiger partial charge on any atom is -0.339 e. The molecule has 1 N–H and O–H groups in total. The van der Waals surface area contributed by atoms with Gasteiger partial charge in [0.25, 0.3) is 5.91 Å². The molecule has 0 radical (unpaired) electrons. The number of carbonyl (C=O) groups excluding carboxylic acids is 2. The van der Waals surface area contributed by atoms with Crippen LogP contribution in [0.2, 0.25) is 0 Å². The van der Waals surface area contributed by atoms with Crippen LogP contribution in [0.4, 0.5) is 5.69 Å². The van der Waals surface area contributed by atoms with Gasteiger partial charge in [0.15, 0.2) is 0 Å². The Kier molecular flexibility index (Phi) is 8.20. The highest BCUT2D eigenvalue weighted by atomic mass is 16.2. The highest BCUT2D eigenvalue weighted by Crippen LogP contribution is 2.13. The molecule has 0 heterocycles. The van der Waals surface area contributed by atoms with Crippen molar-refractivity contribution < 1.29 is 9.59 Å². The quantitative estimate of drug-likeness (QED) is 0.719. The fraction of sp³-hybridized carbons (Fsp3) is 0.391.